The molecule has 0 spiro atoms. The molecule has 1 aromatic rings. The summed E-state index contributed by atoms with van der Waals surface area (Å²) in [6.45, 7) is 7.61. The summed E-state index contributed by atoms with van der Waals surface area (Å²) in [4.78, 5) is 0. The highest BCUT2D eigenvalue weighted by Gasteiger charge is 2.31. The van der Waals surface area contributed by atoms with E-state index in [-0.39, 0.29) is 11.9 Å². The predicted molar refractivity (Wildman–Crippen MR) is 86.2 cm³/mol. The van der Waals surface area contributed by atoms with Crippen molar-refractivity contribution < 1.29 is 4.39 Å². The third-order valence-corrected chi connectivity index (χ3v) is 4.90. The standard InChI is InChI=1S/C17H25BrFN/c1-4-20-17(13-8-11(2)7-12(3)9-13)15-10-14(18)5-6-16(15)19/h5-6,10-13,17,20H,4,7-9H2,1-3H3. The van der Waals surface area contributed by atoms with Gasteiger partial charge in [-0.3, -0.25) is 0 Å². The van der Waals surface area contributed by atoms with Crippen LogP contribution in [-0.2, 0) is 0 Å². The number of rotatable bonds is 4. The molecule has 20 heavy (non-hydrogen) atoms. The molecule has 1 aromatic carbocycles. The molecule has 1 aliphatic rings. The quantitative estimate of drug-likeness (QED) is 0.782. The van der Waals surface area contributed by atoms with Crippen LogP contribution in [0.15, 0.2) is 22.7 Å². The van der Waals surface area contributed by atoms with Gasteiger partial charge in [0.25, 0.3) is 0 Å². The van der Waals surface area contributed by atoms with Crippen molar-refractivity contribution in [3.8, 4) is 0 Å². The second-order valence-corrected chi connectivity index (χ2v) is 7.29. The first-order valence-electron chi connectivity index (χ1n) is 7.69. The Morgan fingerprint density at radius 2 is 1.90 bits per heavy atom. The minimum atomic E-state index is -0.0926. The van der Waals surface area contributed by atoms with Gasteiger partial charge in [-0.15, -0.1) is 0 Å². The summed E-state index contributed by atoms with van der Waals surface area (Å²) in [5.74, 6) is 1.91. The average Bonchev–Trinajstić information content (AvgIpc) is 2.38. The molecule has 0 amide bonds. The molecule has 112 valence electrons. The van der Waals surface area contributed by atoms with Crippen molar-refractivity contribution in [1.82, 2.24) is 5.32 Å². The van der Waals surface area contributed by atoms with E-state index in [1.54, 1.807) is 12.1 Å². The Kier molecular flexibility index (Phi) is 5.62. The minimum absolute atomic E-state index is 0.0926. The van der Waals surface area contributed by atoms with Crippen molar-refractivity contribution >= 4 is 15.9 Å². The summed E-state index contributed by atoms with van der Waals surface area (Å²) in [7, 11) is 0. The van der Waals surface area contributed by atoms with Gasteiger partial charge in [0, 0.05) is 16.1 Å². The minimum Gasteiger partial charge on any atom is -0.310 e. The van der Waals surface area contributed by atoms with E-state index in [1.807, 2.05) is 6.07 Å². The van der Waals surface area contributed by atoms with Crippen LogP contribution in [0.2, 0.25) is 0 Å². The molecule has 1 fully saturated rings. The Labute approximate surface area is 130 Å². The molecule has 0 aromatic heterocycles. The molecule has 0 heterocycles. The molecule has 3 heteroatoms. The fraction of sp³-hybridized carbons (Fsp3) is 0.647. The predicted octanol–water partition coefficient (Wildman–Crippen LogP) is 5.31. The Morgan fingerprint density at radius 3 is 2.50 bits per heavy atom. The van der Waals surface area contributed by atoms with Crippen molar-refractivity contribution in [3.63, 3.8) is 0 Å². The molecule has 1 nitrogen and oxygen atoms in total. The summed E-state index contributed by atoms with van der Waals surface area (Å²) < 4.78 is 15.2. The summed E-state index contributed by atoms with van der Waals surface area (Å²) in [5, 5.41) is 3.52. The third-order valence-electron chi connectivity index (χ3n) is 4.40. The highest BCUT2D eigenvalue weighted by atomic mass is 79.9. The highest BCUT2D eigenvalue weighted by Crippen LogP contribution is 2.40. The first-order chi connectivity index (χ1) is 9.51. The Bertz CT molecular complexity index is 439. The van der Waals surface area contributed by atoms with E-state index < -0.39 is 0 Å². The van der Waals surface area contributed by atoms with E-state index in [0.717, 1.165) is 28.4 Å². The molecule has 1 aliphatic carbocycles. The maximum absolute atomic E-state index is 14.2. The molecule has 0 saturated heterocycles. The molecule has 3 atom stereocenters. The van der Waals surface area contributed by atoms with E-state index in [1.165, 1.54) is 19.3 Å². The number of hydrogen-bond donors (Lipinski definition) is 1. The van der Waals surface area contributed by atoms with Crippen LogP contribution in [0.4, 0.5) is 4.39 Å². The van der Waals surface area contributed by atoms with E-state index in [4.69, 9.17) is 0 Å². The number of nitrogens with one attached hydrogen (secondary N) is 1. The smallest absolute Gasteiger partial charge is 0.128 e. The van der Waals surface area contributed by atoms with Crippen molar-refractivity contribution in [2.75, 3.05) is 6.54 Å². The lowest BCUT2D eigenvalue weighted by atomic mass is 9.72. The summed E-state index contributed by atoms with van der Waals surface area (Å²) in [6, 6.07) is 5.41. The molecule has 1 N–H and O–H groups in total. The van der Waals surface area contributed by atoms with Crippen LogP contribution in [-0.4, -0.2) is 6.54 Å². The first-order valence-corrected chi connectivity index (χ1v) is 8.48. The first kappa shape index (κ1) is 16.0. The lowest BCUT2D eigenvalue weighted by Gasteiger charge is -2.37. The highest BCUT2D eigenvalue weighted by molar-refractivity contribution is 9.10. The van der Waals surface area contributed by atoms with Gasteiger partial charge in [-0.2, -0.15) is 0 Å². The zero-order chi connectivity index (χ0) is 14.7. The summed E-state index contributed by atoms with van der Waals surface area (Å²) in [5.41, 5.74) is 0.813. The fourth-order valence-corrected chi connectivity index (χ4v) is 4.16. The number of benzene rings is 1. The van der Waals surface area contributed by atoms with Crippen molar-refractivity contribution in [3.05, 3.63) is 34.1 Å². The lowest BCUT2D eigenvalue weighted by molar-refractivity contribution is 0.175. The Hall–Kier alpha value is -0.410. The van der Waals surface area contributed by atoms with Gasteiger partial charge < -0.3 is 5.32 Å². The Morgan fingerprint density at radius 1 is 1.25 bits per heavy atom. The lowest BCUT2D eigenvalue weighted by Crippen LogP contribution is -2.33. The van der Waals surface area contributed by atoms with E-state index in [9.17, 15) is 4.39 Å². The van der Waals surface area contributed by atoms with Gasteiger partial charge >= 0.3 is 0 Å². The van der Waals surface area contributed by atoms with Crippen LogP contribution in [0.5, 0.6) is 0 Å². The monoisotopic (exact) mass is 341 g/mol. The molecular weight excluding hydrogens is 317 g/mol. The maximum Gasteiger partial charge on any atom is 0.128 e. The molecule has 0 aliphatic heterocycles. The third kappa shape index (κ3) is 3.82. The normalized spacial score (nSPS) is 28.4. The van der Waals surface area contributed by atoms with Gasteiger partial charge in [-0.1, -0.05) is 36.7 Å². The topological polar surface area (TPSA) is 12.0 Å². The molecule has 0 bridgehead atoms. The molecular formula is C17H25BrFN. The SMILES string of the molecule is CCNC(c1cc(Br)ccc1F)C1CC(C)CC(C)C1. The van der Waals surface area contributed by atoms with Gasteiger partial charge in [0.1, 0.15) is 5.82 Å². The van der Waals surface area contributed by atoms with E-state index >= 15 is 0 Å². The molecule has 2 rings (SSSR count). The van der Waals surface area contributed by atoms with Crippen LogP contribution >= 0.6 is 15.9 Å². The maximum atomic E-state index is 14.2. The van der Waals surface area contributed by atoms with Gasteiger partial charge in [0.15, 0.2) is 0 Å². The zero-order valence-corrected chi connectivity index (χ0v) is 14.2. The zero-order valence-electron chi connectivity index (χ0n) is 12.6. The number of hydrogen-bond acceptors (Lipinski definition) is 1. The van der Waals surface area contributed by atoms with Gasteiger partial charge in [0.05, 0.1) is 0 Å². The fourth-order valence-electron chi connectivity index (χ4n) is 3.78. The van der Waals surface area contributed by atoms with E-state index in [0.29, 0.717) is 5.92 Å². The molecule has 0 radical (unpaired) electrons. The second kappa shape index (κ2) is 7.04. The van der Waals surface area contributed by atoms with Crippen LogP contribution in [0, 0.1) is 23.6 Å². The van der Waals surface area contributed by atoms with Crippen molar-refractivity contribution in [2.24, 2.45) is 17.8 Å². The molecule has 3 unspecified atom stereocenters. The van der Waals surface area contributed by atoms with Gasteiger partial charge in [-0.25, -0.2) is 4.39 Å². The number of halogens is 2. The van der Waals surface area contributed by atoms with Crippen molar-refractivity contribution in [1.29, 1.82) is 0 Å². The van der Waals surface area contributed by atoms with Crippen LogP contribution in [0.25, 0.3) is 0 Å². The van der Waals surface area contributed by atoms with Gasteiger partial charge in [0.2, 0.25) is 0 Å². The largest absolute Gasteiger partial charge is 0.310 e. The van der Waals surface area contributed by atoms with Gasteiger partial charge in [-0.05, 0) is 61.8 Å². The van der Waals surface area contributed by atoms with Crippen LogP contribution < -0.4 is 5.32 Å². The van der Waals surface area contributed by atoms with Crippen LogP contribution in [0.1, 0.15) is 51.6 Å². The van der Waals surface area contributed by atoms with Crippen molar-refractivity contribution in [2.45, 2.75) is 46.1 Å². The summed E-state index contributed by atoms with van der Waals surface area (Å²) >= 11 is 3.47. The van der Waals surface area contributed by atoms with E-state index in [2.05, 4.69) is 42.0 Å². The average molecular weight is 342 g/mol. The Balaban J connectivity index is 2.28. The summed E-state index contributed by atoms with van der Waals surface area (Å²) in [6.07, 6.45) is 3.68. The molecule has 1 saturated carbocycles. The second-order valence-electron chi connectivity index (χ2n) is 6.38. The van der Waals surface area contributed by atoms with Crippen LogP contribution in [0.3, 0.4) is 0 Å².